The number of methoxy groups -OCH3 is 2. The number of rotatable bonds is 7. The second-order valence-corrected chi connectivity index (χ2v) is 6.81. The van der Waals surface area contributed by atoms with Gasteiger partial charge in [-0.25, -0.2) is 0 Å². The van der Waals surface area contributed by atoms with Crippen LogP contribution in [0.3, 0.4) is 0 Å². The molecule has 26 heavy (non-hydrogen) atoms. The van der Waals surface area contributed by atoms with Gasteiger partial charge in [-0.3, -0.25) is 4.79 Å². The first kappa shape index (κ1) is 18.5. The Hall–Kier alpha value is -2.33. The molecule has 2 aromatic rings. The van der Waals surface area contributed by atoms with E-state index in [-0.39, 0.29) is 11.7 Å². The van der Waals surface area contributed by atoms with Gasteiger partial charge in [0.1, 0.15) is 11.5 Å². The van der Waals surface area contributed by atoms with E-state index >= 15 is 0 Å². The van der Waals surface area contributed by atoms with Gasteiger partial charge < -0.3 is 14.4 Å². The van der Waals surface area contributed by atoms with E-state index in [0.717, 1.165) is 38.9 Å². The number of hydrogen-bond acceptors (Lipinski definition) is 4. The molecular weight excluding hydrogens is 326 g/mol. The molecule has 0 N–H and O–H groups in total. The highest BCUT2D eigenvalue weighted by atomic mass is 16.5. The minimum Gasteiger partial charge on any atom is -0.497 e. The highest BCUT2D eigenvalue weighted by Gasteiger charge is 2.28. The van der Waals surface area contributed by atoms with E-state index in [2.05, 4.69) is 29.2 Å². The quantitative estimate of drug-likeness (QED) is 0.709. The van der Waals surface area contributed by atoms with Gasteiger partial charge in [-0.2, -0.15) is 0 Å². The summed E-state index contributed by atoms with van der Waals surface area (Å²) in [6.45, 7) is 2.88. The van der Waals surface area contributed by atoms with Crippen LogP contribution in [0.5, 0.6) is 11.5 Å². The van der Waals surface area contributed by atoms with Crippen molar-refractivity contribution >= 4 is 5.78 Å². The first-order chi connectivity index (χ1) is 12.7. The van der Waals surface area contributed by atoms with E-state index < -0.39 is 0 Å². The maximum absolute atomic E-state index is 13.1. The summed E-state index contributed by atoms with van der Waals surface area (Å²) < 4.78 is 10.6. The van der Waals surface area contributed by atoms with E-state index in [0.29, 0.717) is 17.1 Å². The van der Waals surface area contributed by atoms with Crippen LogP contribution in [0.15, 0.2) is 48.5 Å². The minimum atomic E-state index is 0.0295. The fourth-order valence-electron chi connectivity index (χ4n) is 3.63. The normalized spacial score (nSPS) is 17.7. The van der Waals surface area contributed by atoms with Crippen molar-refractivity contribution in [2.24, 2.45) is 5.92 Å². The number of hydrogen-bond donors (Lipinski definition) is 0. The lowest BCUT2D eigenvalue weighted by molar-refractivity contribution is 0.0818. The third-order valence-corrected chi connectivity index (χ3v) is 5.11. The lowest BCUT2D eigenvalue weighted by atomic mass is 9.89. The number of benzene rings is 2. The Bertz CT molecular complexity index is 729. The van der Waals surface area contributed by atoms with Crippen molar-refractivity contribution in [1.29, 1.82) is 0 Å². The number of carbonyl (C=O) groups is 1. The summed E-state index contributed by atoms with van der Waals surface area (Å²) in [5, 5.41) is 0. The predicted molar refractivity (Wildman–Crippen MR) is 103 cm³/mol. The molecule has 1 heterocycles. The fourth-order valence-corrected chi connectivity index (χ4v) is 3.63. The third-order valence-electron chi connectivity index (χ3n) is 5.11. The Labute approximate surface area is 155 Å². The zero-order valence-electron chi connectivity index (χ0n) is 15.6. The molecule has 2 aromatic carbocycles. The number of piperidine rings is 1. The topological polar surface area (TPSA) is 38.8 Å². The Morgan fingerprint density at radius 3 is 2.65 bits per heavy atom. The van der Waals surface area contributed by atoms with Crippen molar-refractivity contribution in [3.05, 3.63) is 59.7 Å². The second kappa shape index (κ2) is 8.86. The van der Waals surface area contributed by atoms with Crippen LogP contribution in [0.4, 0.5) is 0 Å². The van der Waals surface area contributed by atoms with Crippen molar-refractivity contribution in [3.63, 3.8) is 0 Å². The highest BCUT2D eigenvalue weighted by Crippen LogP contribution is 2.29. The summed E-state index contributed by atoms with van der Waals surface area (Å²) in [4.78, 5) is 15.5. The molecule has 0 unspecified atom stereocenters. The summed E-state index contributed by atoms with van der Waals surface area (Å²) in [6.07, 6.45) is 3.02. The molecule has 1 atom stereocenters. The molecule has 0 saturated carbocycles. The van der Waals surface area contributed by atoms with Crippen molar-refractivity contribution in [3.8, 4) is 11.5 Å². The number of nitrogens with zero attached hydrogens (tertiary/aromatic N) is 1. The van der Waals surface area contributed by atoms with Crippen molar-refractivity contribution in [2.75, 3.05) is 33.9 Å². The van der Waals surface area contributed by atoms with Gasteiger partial charge >= 0.3 is 0 Å². The number of carbonyl (C=O) groups excluding carboxylic acids is 1. The maximum atomic E-state index is 13.1. The van der Waals surface area contributed by atoms with Gasteiger partial charge in [-0.15, -0.1) is 0 Å². The van der Waals surface area contributed by atoms with Crippen LogP contribution in [-0.2, 0) is 6.42 Å². The molecule has 0 amide bonds. The molecule has 0 spiro atoms. The lowest BCUT2D eigenvalue weighted by Gasteiger charge is -2.32. The Morgan fingerprint density at radius 1 is 1.12 bits per heavy atom. The van der Waals surface area contributed by atoms with Crippen LogP contribution < -0.4 is 9.47 Å². The molecule has 1 aliphatic heterocycles. The summed E-state index contributed by atoms with van der Waals surface area (Å²) in [5.74, 6) is 1.50. The molecule has 0 bridgehead atoms. The van der Waals surface area contributed by atoms with Crippen LogP contribution in [0.2, 0.25) is 0 Å². The van der Waals surface area contributed by atoms with Crippen LogP contribution in [0.1, 0.15) is 28.8 Å². The van der Waals surface area contributed by atoms with Gasteiger partial charge in [0.2, 0.25) is 0 Å². The summed E-state index contributed by atoms with van der Waals surface area (Å²) in [7, 11) is 3.21. The molecule has 1 saturated heterocycles. The third kappa shape index (κ3) is 4.44. The Kier molecular flexibility index (Phi) is 6.29. The van der Waals surface area contributed by atoms with Gasteiger partial charge in [0.15, 0.2) is 5.78 Å². The van der Waals surface area contributed by atoms with E-state index in [9.17, 15) is 4.79 Å². The van der Waals surface area contributed by atoms with Gasteiger partial charge in [-0.05, 0) is 43.5 Å². The predicted octanol–water partition coefficient (Wildman–Crippen LogP) is 3.84. The second-order valence-electron chi connectivity index (χ2n) is 6.81. The molecule has 4 nitrogen and oxygen atoms in total. The first-order valence-corrected chi connectivity index (χ1v) is 9.23. The van der Waals surface area contributed by atoms with Crippen molar-refractivity contribution < 1.29 is 14.3 Å². The summed E-state index contributed by atoms with van der Waals surface area (Å²) in [5.41, 5.74) is 2.00. The van der Waals surface area contributed by atoms with Gasteiger partial charge in [-0.1, -0.05) is 30.3 Å². The fraction of sp³-hybridized carbons (Fsp3) is 0.409. The minimum absolute atomic E-state index is 0.0295. The SMILES string of the molecule is COc1ccc(C(=O)[C@H]2CCCN(CCc3ccccc3)C2)c(OC)c1. The molecule has 0 aliphatic carbocycles. The number of Topliss-reactive ketones (excluding diaryl/α,β-unsaturated/α-hetero) is 1. The average Bonchev–Trinajstić information content (AvgIpc) is 2.72. The molecular formula is C22H27NO3. The van der Waals surface area contributed by atoms with E-state index in [1.807, 2.05) is 18.2 Å². The molecule has 0 aromatic heterocycles. The highest BCUT2D eigenvalue weighted by molar-refractivity contribution is 6.00. The zero-order valence-corrected chi connectivity index (χ0v) is 15.6. The smallest absolute Gasteiger partial charge is 0.170 e. The average molecular weight is 353 g/mol. The van der Waals surface area contributed by atoms with Crippen LogP contribution >= 0.6 is 0 Å². The van der Waals surface area contributed by atoms with Gasteiger partial charge in [0.25, 0.3) is 0 Å². The lowest BCUT2D eigenvalue weighted by Crippen LogP contribution is -2.39. The van der Waals surface area contributed by atoms with Crippen molar-refractivity contribution in [2.45, 2.75) is 19.3 Å². The Morgan fingerprint density at radius 2 is 1.92 bits per heavy atom. The van der Waals surface area contributed by atoms with Crippen molar-refractivity contribution in [1.82, 2.24) is 4.90 Å². The largest absolute Gasteiger partial charge is 0.497 e. The summed E-state index contributed by atoms with van der Waals surface area (Å²) in [6, 6.07) is 15.9. The number of ether oxygens (including phenoxy) is 2. The van der Waals surface area contributed by atoms with Crippen LogP contribution in [0, 0.1) is 5.92 Å². The molecule has 0 radical (unpaired) electrons. The van der Waals surface area contributed by atoms with Gasteiger partial charge in [0.05, 0.1) is 19.8 Å². The van der Waals surface area contributed by atoms with Crippen LogP contribution in [-0.4, -0.2) is 44.5 Å². The van der Waals surface area contributed by atoms with E-state index in [1.165, 1.54) is 5.56 Å². The van der Waals surface area contributed by atoms with Gasteiger partial charge in [0, 0.05) is 25.1 Å². The number of ketones is 1. The van der Waals surface area contributed by atoms with Crippen LogP contribution in [0.25, 0.3) is 0 Å². The zero-order chi connectivity index (χ0) is 18.4. The van der Waals surface area contributed by atoms with E-state index in [4.69, 9.17) is 9.47 Å². The molecule has 4 heteroatoms. The molecule has 1 aliphatic rings. The maximum Gasteiger partial charge on any atom is 0.170 e. The summed E-state index contributed by atoms with van der Waals surface area (Å²) >= 11 is 0. The molecule has 3 rings (SSSR count). The number of likely N-dealkylation sites (tertiary alicyclic amines) is 1. The van der Waals surface area contributed by atoms with E-state index in [1.54, 1.807) is 20.3 Å². The Balaban J connectivity index is 1.64. The monoisotopic (exact) mass is 353 g/mol. The first-order valence-electron chi connectivity index (χ1n) is 9.23. The molecule has 138 valence electrons. The standard InChI is InChI=1S/C22H27NO3/c1-25-19-10-11-20(21(15-19)26-2)22(24)18-9-6-13-23(16-18)14-12-17-7-4-3-5-8-17/h3-5,7-8,10-11,15,18H,6,9,12-14,16H2,1-2H3/t18-/m0/s1. The molecule has 1 fully saturated rings.